The second kappa shape index (κ2) is 6.09. The number of imide groups is 1. The fourth-order valence-electron chi connectivity index (χ4n) is 3.92. The first kappa shape index (κ1) is 15.4. The molecule has 2 saturated heterocycles. The van der Waals surface area contributed by atoms with Crippen molar-refractivity contribution in [2.24, 2.45) is 5.41 Å². The summed E-state index contributed by atoms with van der Waals surface area (Å²) in [5.41, 5.74) is 2.39. The lowest BCUT2D eigenvalue weighted by Gasteiger charge is -2.41. The van der Waals surface area contributed by atoms with Crippen molar-refractivity contribution in [2.75, 3.05) is 25.0 Å². The molecule has 1 unspecified atom stereocenters. The topological polar surface area (TPSA) is 79.5 Å². The van der Waals surface area contributed by atoms with Gasteiger partial charge in [-0.1, -0.05) is 6.07 Å². The average Bonchev–Trinajstić information content (AvgIpc) is 2.58. The third-order valence-electron chi connectivity index (χ3n) is 5.41. The van der Waals surface area contributed by atoms with E-state index in [0.717, 1.165) is 50.4 Å². The fraction of sp³-hybridized carbons (Fsp3) is 0.556. The van der Waals surface area contributed by atoms with E-state index in [9.17, 15) is 9.59 Å². The van der Waals surface area contributed by atoms with Crippen LogP contribution in [0.1, 0.15) is 31.2 Å². The van der Waals surface area contributed by atoms with Crippen LogP contribution in [-0.4, -0.2) is 37.6 Å². The Labute approximate surface area is 141 Å². The van der Waals surface area contributed by atoms with Gasteiger partial charge in [-0.25, -0.2) is 0 Å². The number of hydrogen-bond acceptors (Lipinski definition) is 5. The third kappa shape index (κ3) is 2.98. The third-order valence-corrected chi connectivity index (χ3v) is 5.41. The maximum Gasteiger partial charge on any atom is 0.249 e. The lowest BCUT2D eigenvalue weighted by molar-refractivity contribution is -0.133. The summed E-state index contributed by atoms with van der Waals surface area (Å²) in [6.07, 6.45) is 4.27. The van der Waals surface area contributed by atoms with Gasteiger partial charge < -0.3 is 15.4 Å². The summed E-state index contributed by atoms with van der Waals surface area (Å²) < 4.78 is 6.07. The molecule has 3 heterocycles. The zero-order chi connectivity index (χ0) is 16.6. The van der Waals surface area contributed by atoms with Gasteiger partial charge in [-0.05, 0) is 50.4 Å². The number of amides is 2. The van der Waals surface area contributed by atoms with Crippen molar-refractivity contribution < 1.29 is 14.3 Å². The highest BCUT2D eigenvalue weighted by Gasteiger charge is 2.37. The monoisotopic (exact) mass is 329 g/mol. The molecule has 0 aromatic heterocycles. The Kier molecular flexibility index (Phi) is 3.92. The van der Waals surface area contributed by atoms with Crippen LogP contribution in [0.2, 0.25) is 0 Å². The van der Waals surface area contributed by atoms with Crippen LogP contribution < -0.4 is 20.7 Å². The zero-order valence-corrected chi connectivity index (χ0v) is 13.7. The molecular formula is C18H23N3O3. The van der Waals surface area contributed by atoms with Crippen LogP contribution in [0.15, 0.2) is 18.2 Å². The van der Waals surface area contributed by atoms with E-state index in [1.165, 1.54) is 5.56 Å². The summed E-state index contributed by atoms with van der Waals surface area (Å²) in [6, 6.07) is 5.73. The Bertz CT molecular complexity index is 667. The number of piperidine rings is 2. The normalized spacial score (nSPS) is 25.6. The van der Waals surface area contributed by atoms with Gasteiger partial charge in [0, 0.05) is 23.6 Å². The van der Waals surface area contributed by atoms with Gasteiger partial charge in [0.25, 0.3) is 0 Å². The molecule has 0 saturated carbocycles. The number of anilines is 1. The van der Waals surface area contributed by atoms with Crippen molar-refractivity contribution in [3.63, 3.8) is 0 Å². The van der Waals surface area contributed by atoms with Crippen molar-refractivity contribution in [2.45, 2.75) is 38.1 Å². The van der Waals surface area contributed by atoms with Crippen LogP contribution in [0.3, 0.4) is 0 Å². The van der Waals surface area contributed by atoms with Gasteiger partial charge in [0.05, 0.1) is 6.61 Å². The van der Waals surface area contributed by atoms with Crippen molar-refractivity contribution in [1.29, 1.82) is 0 Å². The van der Waals surface area contributed by atoms with E-state index in [4.69, 9.17) is 4.74 Å². The summed E-state index contributed by atoms with van der Waals surface area (Å²) in [4.78, 5) is 23.1. The van der Waals surface area contributed by atoms with Crippen LogP contribution in [0.25, 0.3) is 0 Å². The Morgan fingerprint density at radius 1 is 1.21 bits per heavy atom. The Balaban J connectivity index is 1.46. The van der Waals surface area contributed by atoms with E-state index in [1.807, 2.05) is 12.1 Å². The average molecular weight is 329 g/mol. The maximum absolute atomic E-state index is 11.9. The molecule has 1 atom stereocenters. The van der Waals surface area contributed by atoms with Crippen LogP contribution in [0, 0.1) is 5.41 Å². The number of ether oxygens (including phenoxy) is 1. The molecule has 3 N–H and O–H groups in total. The molecule has 0 aliphatic carbocycles. The second-order valence-corrected chi connectivity index (χ2v) is 7.19. The molecule has 0 radical (unpaired) electrons. The van der Waals surface area contributed by atoms with Crippen LogP contribution in [-0.2, 0) is 16.0 Å². The summed E-state index contributed by atoms with van der Waals surface area (Å²) in [7, 11) is 0. The van der Waals surface area contributed by atoms with E-state index < -0.39 is 0 Å². The molecule has 24 heavy (non-hydrogen) atoms. The lowest BCUT2D eigenvalue weighted by Crippen LogP contribution is -2.47. The highest BCUT2D eigenvalue weighted by molar-refractivity contribution is 6.01. The molecule has 6 heteroatoms. The second-order valence-electron chi connectivity index (χ2n) is 7.19. The van der Waals surface area contributed by atoms with Crippen LogP contribution >= 0.6 is 0 Å². The molecule has 3 aliphatic heterocycles. The first-order chi connectivity index (χ1) is 11.6. The van der Waals surface area contributed by atoms with E-state index in [1.54, 1.807) is 0 Å². The molecule has 6 nitrogen and oxygen atoms in total. The Morgan fingerprint density at radius 2 is 2.04 bits per heavy atom. The largest absolute Gasteiger partial charge is 0.493 e. The van der Waals surface area contributed by atoms with Gasteiger partial charge >= 0.3 is 0 Å². The van der Waals surface area contributed by atoms with Gasteiger partial charge in [0.1, 0.15) is 11.8 Å². The molecule has 3 aliphatic rings. The van der Waals surface area contributed by atoms with Crippen LogP contribution in [0.4, 0.5) is 5.69 Å². The van der Waals surface area contributed by atoms with Crippen LogP contribution in [0.5, 0.6) is 5.75 Å². The first-order valence-corrected chi connectivity index (χ1v) is 8.70. The van der Waals surface area contributed by atoms with E-state index >= 15 is 0 Å². The van der Waals surface area contributed by atoms with Gasteiger partial charge in [0.15, 0.2) is 0 Å². The first-order valence-electron chi connectivity index (χ1n) is 8.70. The van der Waals surface area contributed by atoms with Gasteiger partial charge in [-0.3, -0.25) is 14.9 Å². The molecule has 4 rings (SSSR count). The van der Waals surface area contributed by atoms with E-state index in [2.05, 4.69) is 22.0 Å². The minimum atomic E-state index is -0.361. The van der Waals surface area contributed by atoms with Gasteiger partial charge in [-0.2, -0.15) is 0 Å². The summed E-state index contributed by atoms with van der Waals surface area (Å²) in [6.45, 7) is 2.89. The number of carbonyl (C=O) groups is 2. The lowest BCUT2D eigenvalue weighted by atomic mass is 9.73. The number of rotatable bonds is 2. The summed E-state index contributed by atoms with van der Waals surface area (Å²) >= 11 is 0. The Morgan fingerprint density at radius 3 is 2.83 bits per heavy atom. The summed E-state index contributed by atoms with van der Waals surface area (Å²) in [5.74, 6) is 0.467. The van der Waals surface area contributed by atoms with Crippen molar-refractivity contribution in [3.8, 4) is 5.75 Å². The Hall–Kier alpha value is -2.08. The van der Waals surface area contributed by atoms with E-state index in [-0.39, 0.29) is 23.3 Å². The number of carbonyl (C=O) groups excluding carboxylic acids is 2. The predicted molar refractivity (Wildman–Crippen MR) is 90.0 cm³/mol. The van der Waals surface area contributed by atoms with E-state index in [0.29, 0.717) is 12.8 Å². The molecule has 2 fully saturated rings. The minimum Gasteiger partial charge on any atom is -0.493 e. The highest BCUT2D eigenvalue weighted by atomic mass is 16.5. The quantitative estimate of drug-likeness (QED) is 0.711. The maximum atomic E-state index is 11.9. The minimum absolute atomic E-state index is 0.195. The molecule has 0 bridgehead atoms. The molecule has 1 aromatic carbocycles. The molecule has 1 aromatic rings. The standard InChI is InChI=1S/C18H23N3O3/c22-16-4-3-14(17(23)21-16)20-13-2-1-12-10-18(5-7-19-8-6-18)11-24-15(12)9-13/h1-2,9,14,19-20H,3-8,10-11H2,(H,21,22,23). The van der Waals surface area contributed by atoms with Gasteiger partial charge in [-0.15, -0.1) is 0 Å². The number of nitrogens with one attached hydrogen (secondary N) is 3. The summed E-state index contributed by atoms with van der Waals surface area (Å²) in [5, 5.41) is 9.01. The zero-order valence-electron chi connectivity index (χ0n) is 13.7. The van der Waals surface area contributed by atoms with Crippen molar-refractivity contribution >= 4 is 17.5 Å². The van der Waals surface area contributed by atoms with Crippen molar-refractivity contribution in [1.82, 2.24) is 10.6 Å². The molecule has 2 amide bonds. The number of hydrogen-bond donors (Lipinski definition) is 3. The number of benzene rings is 1. The molecule has 1 spiro atoms. The molecule has 128 valence electrons. The number of fused-ring (bicyclic) bond motifs is 1. The van der Waals surface area contributed by atoms with Gasteiger partial charge in [0.2, 0.25) is 11.8 Å². The van der Waals surface area contributed by atoms with Crippen molar-refractivity contribution in [3.05, 3.63) is 23.8 Å². The molecular weight excluding hydrogens is 306 g/mol. The SMILES string of the molecule is O=C1CCC(Nc2ccc3c(c2)OCC2(CCNCC2)C3)C(=O)N1. The predicted octanol–water partition coefficient (Wildman–Crippen LogP) is 1.21. The smallest absolute Gasteiger partial charge is 0.249 e. The fourth-order valence-corrected chi connectivity index (χ4v) is 3.92. The highest BCUT2D eigenvalue weighted by Crippen LogP contribution is 2.41.